The van der Waals surface area contributed by atoms with Gasteiger partial charge in [0.2, 0.25) is 5.91 Å². The number of benzene rings is 1. The number of halogens is 2. The summed E-state index contributed by atoms with van der Waals surface area (Å²) < 4.78 is 0. The second-order valence-electron chi connectivity index (χ2n) is 5.21. The summed E-state index contributed by atoms with van der Waals surface area (Å²) >= 11 is 5.85. The van der Waals surface area contributed by atoms with Crippen LogP contribution in [0.3, 0.4) is 0 Å². The van der Waals surface area contributed by atoms with Crippen LogP contribution in [-0.4, -0.2) is 37.5 Å². The molecular formula is C15H22Cl2N2O. The summed E-state index contributed by atoms with van der Waals surface area (Å²) in [4.78, 5) is 14.3. The van der Waals surface area contributed by atoms with Crippen LogP contribution >= 0.6 is 24.0 Å². The van der Waals surface area contributed by atoms with Crippen LogP contribution in [0.15, 0.2) is 24.3 Å². The van der Waals surface area contributed by atoms with Crippen molar-refractivity contribution in [1.29, 1.82) is 0 Å². The van der Waals surface area contributed by atoms with Crippen molar-refractivity contribution in [2.45, 2.75) is 19.3 Å². The van der Waals surface area contributed by atoms with Crippen LogP contribution in [-0.2, 0) is 11.2 Å². The third-order valence-electron chi connectivity index (χ3n) is 3.63. The third kappa shape index (κ3) is 4.97. The Morgan fingerprint density at radius 3 is 2.75 bits per heavy atom. The SMILES string of the molecule is CNCC1CCCN(C(=O)Cc2ccc(Cl)cc2)C1.Cl. The van der Waals surface area contributed by atoms with Crippen LogP contribution in [0.1, 0.15) is 18.4 Å². The minimum atomic E-state index is 0. The summed E-state index contributed by atoms with van der Waals surface area (Å²) in [5.41, 5.74) is 1.03. The Balaban J connectivity index is 0.00000200. The number of piperidine rings is 1. The second kappa shape index (κ2) is 8.50. The molecular weight excluding hydrogens is 295 g/mol. The van der Waals surface area contributed by atoms with Crippen LogP contribution in [0.5, 0.6) is 0 Å². The van der Waals surface area contributed by atoms with E-state index in [2.05, 4.69) is 5.32 Å². The third-order valence-corrected chi connectivity index (χ3v) is 3.89. The van der Waals surface area contributed by atoms with E-state index >= 15 is 0 Å². The van der Waals surface area contributed by atoms with E-state index in [4.69, 9.17) is 11.6 Å². The average Bonchev–Trinajstić information content (AvgIpc) is 2.42. The number of amides is 1. The highest BCUT2D eigenvalue weighted by Crippen LogP contribution is 2.17. The fourth-order valence-corrected chi connectivity index (χ4v) is 2.76. The van der Waals surface area contributed by atoms with Gasteiger partial charge in [-0.15, -0.1) is 12.4 Å². The highest BCUT2D eigenvalue weighted by Gasteiger charge is 2.22. The molecule has 5 heteroatoms. The molecule has 0 radical (unpaired) electrons. The maximum absolute atomic E-state index is 12.3. The first-order valence-corrected chi connectivity index (χ1v) is 7.23. The fraction of sp³-hybridized carbons (Fsp3) is 0.533. The number of hydrogen-bond donors (Lipinski definition) is 1. The van der Waals surface area contributed by atoms with Crippen molar-refractivity contribution >= 4 is 29.9 Å². The van der Waals surface area contributed by atoms with Crippen molar-refractivity contribution in [3.8, 4) is 0 Å². The average molecular weight is 317 g/mol. The van der Waals surface area contributed by atoms with Gasteiger partial charge in [0.25, 0.3) is 0 Å². The van der Waals surface area contributed by atoms with Crippen LogP contribution in [0.2, 0.25) is 5.02 Å². The summed E-state index contributed by atoms with van der Waals surface area (Å²) in [5, 5.41) is 3.91. The van der Waals surface area contributed by atoms with Crippen molar-refractivity contribution < 1.29 is 4.79 Å². The molecule has 1 fully saturated rings. The molecule has 1 saturated heterocycles. The van der Waals surface area contributed by atoms with Crippen molar-refractivity contribution in [3.05, 3.63) is 34.9 Å². The molecule has 0 aliphatic carbocycles. The number of nitrogens with one attached hydrogen (secondary N) is 1. The molecule has 1 unspecified atom stereocenters. The van der Waals surface area contributed by atoms with E-state index in [1.165, 1.54) is 6.42 Å². The first-order chi connectivity index (χ1) is 9.19. The largest absolute Gasteiger partial charge is 0.342 e. The molecule has 1 N–H and O–H groups in total. The zero-order valence-electron chi connectivity index (χ0n) is 11.8. The normalized spacial score (nSPS) is 18.5. The highest BCUT2D eigenvalue weighted by atomic mass is 35.5. The van der Waals surface area contributed by atoms with Crippen molar-refractivity contribution in [2.24, 2.45) is 5.92 Å². The number of carbonyl (C=O) groups is 1. The van der Waals surface area contributed by atoms with Gasteiger partial charge in [0.15, 0.2) is 0 Å². The molecule has 1 heterocycles. The first-order valence-electron chi connectivity index (χ1n) is 6.86. The molecule has 112 valence electrons. The predicted molar refractivity (Wildman–Crippen MR) is 85.6 cm³/mol. The van der Waals surface area contributed by atoms with Gasteiger partial charge in [0.1, 0.15) is 0 Å². The number of likely N-dealkylation sites (tertiary alicyclic amines) is 1. The Labute approximate surface area is 132 Å². The van der Waals surface area contributed by atoms with E-state index in [0.717, 1.165) is 31.6 Å². The number of nitrogens with zero attached hydrogens (tertiary/aromatic N) is 1. The Morgan fingerprint density at radius 1 is 1.40 bits per heavy atom. The minimum Gasteiger partial charge on any atom is -0.342 e. The van der Waals surface area contributed by atoms with Crippen molar-refractivity contribution in [3.63, 3.8) is 0 Å². The number of carbonyl (C=O) groups excluding carboxylic acids is 1. The Kier molecular flexibility index (Phi) is 7.35. The van der Waals surface area contributed by atoms with Crippen LogP contribution in [0.4, 0.5) is 0 Å². The number of rotatable bonds is 4. The van der Waals surface area contributed by atoms with Crippen LogP contribution in [0.25, 0.3) is 0 Å². The van der Waals surface area contributed by atoms with E-state index in [-0.39, 0.29) is 18.3 Å². The van der Waals surface area contributed by atoms with E-state index < -0.39 is 0 Å². The van der Waals surface area contributed by atoms with E-state index in [0.29, 0.717) is 17.4 Å². The molecule has 1 aliphatic heterocycles. The van der Waals surface area contributed by atoms with Gasteiger partial charge in [-0.25, -0.2) is 0 Å². The van der Waals surface area contributed by atoms with Gasteiger partial charge in [-0.3, -0.25) is 4.79 Å². The topological polar surface area (TPSA) is 32.3 Å². The van der Waals surface area contributed by atoms with E-state index in [9.17, 15) is 4.79 Å². The van der Waals surface area contributed by atoms with E-state index in [1.54, 1.807) is 0 Å². The van der Waals surface area contributed by atoms with E-state index in [1.807, 2.05) is 36.2 Å². The molecule has 1 aromatic rings. The molecule has 0 bridgehead atoms. The zero-order valence-corrected chi connectivity index (χ0v) is 13.3. The maximum atomic E-state index is 12.3. The van der Waals surface area contributed by atoms with Gasteiger partial charge >= 0.3 is 0 Å². The standard InChI is InChI=1S/C15H21ClN2O.ClH/c1-17-10-13-3-2-8-18(11-13)15(19)9-12-4-6-14(16)7-5-12;/h4-7,13,17H,2-3,8-11H2,1H3;1H. The fourth-order valence-electron chi connectivity index (χ4n) is 2.64. The second-order valence-corrected chi connectivity index (χ2v) is 5.65. The molecule has 1 aromatic carbocycles. The molecule has 2 rings (SSSR count). The molecule has 1 aliphatic rings. The lowest BCUT2D eigenvalue weighted by atomic mass is 9.97. The van der Waals surface area contributed by atoms with Gasteiger partial charge in [-0.1, -0.05) is 23.7 Å². The summed E-state index contributed by atoms with van der Waals surface area (Å²) in [6.07, 6.45) is 2.80. The quantitative estimate of drug-likeness (QED) is 0.926. The predicted octanol–water partition coefficient (Wildman–Crippen LogP) is 2.76. The Bertz CT molecular complexity index is 420. The maximum Gasteiger partial charge on any atom is 0.226 e. The Hall–Kier alpha value is -0.770. The van der Waals surface area contributed by atoms with Gasteiger partial charge in [-0.05, 0) is 50.0 Å². The van der Waals surface area contributed by atoms with Gasteiger partial charge in [0, 0.05) is 18.1 Å². The summed E-state index contributed by atoms with van der Waals surface area (Å²) in [5.74, 6) is 0.816. The van der Waals surface area contributed by atoms with Crippen LogP contribution in [0, 0.1) is 5.92 Å². The number of hydrogen-bond acceptors (Lipinski definition) is 2. The first kappa shape index (κ1) is 17.3. The van der Waals surface area contributed by atoms with Gasteiger partial charge in [0.05, 0.1) is 6.42 Å². The smallest absolute Gasteiger partial charge is 0.226 e. The molecule has 0 aromatic heterocycles. The highest BCUT2D eigenvalue weighted by molar-refractivity contribution is 6.30. The lowest BCUT2D eigenvalue weighted by molar-refractivity contribution is -0.132. The molecule has 3 nitrogen and oxygen atoms in total. The summed E-state index contributed by atoms with van der Waals surface area (Å²) in [6.45, 7) is 2.77. The molecule has 20 heavy (non-hydrogen) atoms. The minimum absolute atomic E-state index is 0. The Morgan fingerprint density at radius 2 is 2.10 bits per heavy atom. The molecule has 0 spiro atoms. The van der Waals surface area contributed by atoms with Crippen molar-refractivity contribution in [2.75, 3.05) is 26.7 Å². The molecule has 1 atom stereocenters. The summed E-state index contributed by atoms with van der Waals surface area (Å²) in [7, 11) is 1.97. The monoisotopic (exact) mass is 316 g/mol. The van der Waals surface area contributed by atoms with Crippen molar-refractivity contribution in [1.82, 2.24) is 10.2 Å². The van der Waals surface area contributed by atoms with Gasteiger partial charge < -0.3 is 10.2 Å². The van der Waals surface area contributed by atoms with Gasteiger partial charge in [-0.2, -0.15) is 0 Å². The zero-order chi connectivity index (χ0) is 13.7. The molecule has 1 amide bonds. The lowest BCUT2D eigenvalue weighted by Gasteiger charge is -2.32. The molecule has 0 saturated carbocycles. The van der Waals surface area contributed by atoms with Crippen LogP contribution < -0.4 is 5.32 Å². The lowest BCUT2D eigenvalue weighted by Crippen LogP contribution is -2.43. The summed E-state index contributed by atoms with van der Waals surface area (Å²) in [6, 6.07) is 7.53.